The van der Waals surface area contributed by atoms with Gasteiger partial charge in [-0.15, -0.1) is 0 Å². The van der Waals surface area contributed by atoms with Crippen LogP contribution < -0.4 is 10.1 Å². The van der Waals surface area contributed by atoms with Gasteiger partial charge in [0, 0.05) is 5.54 Å². The Bertz CT molecular complexity index is 425. The summed E-state index contributed by atoms with van der Waals surface area (Å²) in [5, 5.41) is 3.49. The third-order valence-electron chi connectivity index (χ3n) is 4.14. The van der Waals surface area contributed by atoms with Crippen molar-refractivity contribution in [1.82, 2.24) is 10.2 Å². The van der Waals surface area contributed by atoms with Crippen LogP contribution in [0.3, 0.4) is 0 Å². The summed E-state index contributed by atoms with van der Waals surface area (Å²) in [5.74, 6) is 0.943. The van der Waals surface area contributed by atoms with Crippen molar-refractivity contribution in [2.75, 3.05) is 20.1 Å². The maximum Gasteiger partial charge on any atom is 0.120 e. The summed E-state index contributed by atoms with van der Waals surface area (Å²) in [6.07, 6.45) is 0.198. The fourth-order valence-electron chi connectivity index (χ4n) is 3.19. The third-order valence-corrected chi connectivity index (χ3v) is 4.14. The molecule has 0 saturated heterocycles. The molecule has 0 bridgehead atoms. The highest BCUT2D eigenvalue weighted by molar-refractivity contribution is 5.32. The van der Waals surface area contributed by atoms with Crippen molar-refractivity contribution < 1.29 is 4.74 Å². The lowest BCUT2D eigenvalue weighted by Crippen LogP contribution is -2.51. The van der Waals surface area contributed by atoms with Crippen LogP contribution >= 0.6 is 0 Å². The maximum absolute atomic E-state index is 5.83. The van der Waals surface area contributed by atoms with Gasteiger partial charge in [-0.1, -0.05) is 26.0 Å². The number of benzene rings is 1. The lowest BCUT2D eigenvalue weighted by molar-refractivity contribution is 0.0943. The van der Waals surface area contributed by atoms with Crippen LogP contribution in [0.15, 0.2) is 24.3 Å². The van der Waals surface area contributed by atoms with Crippen LogP contribution in [-0.4, -0.2) is 36.7 Å². The van der Waals surface area contributed by atoms with Gasteiger partial charge < -0.3 is 10.1 Å². The number of nitrogens with one attached hydrogen (secondary N) is 1. The molecule has 0 aromatic heterocycles. The molecular formula is C18H32N2O. The van der Waals surface area contributed by atoms with E-state index in [4.69, 9.17) is 4.74 Å². The standard InChI is InChI=1S/C18H32N2O/c1-8-20(9-2)18(5,6)17(19-7)15-11-10-12-16(13-15)21-14(3)4/h10-14,17,19H,8-9H2,1-7H3. The summed E-state index contributed by atoms with van der Waals surface area (Å²) in [7, 11) is 2.03. The van der Waals surface area contributed by atoms with E-state index in [0.29, 0.717) is 0 Å². The minimum absolute atomic E-state index is 0.0364. The third kappa shape index (κ3) is 4.45. The minimum Gasteiger partial charge on any atom is -0.491 e. The molecule has 0 aliphatic carbocycles. The molecule has 1 aromatic rings. The van der Waals surface area contributed by atoms with E-state index in [0.717, 1.165) is 18.8 Å². The van der Waals surface area contributed by atoms with Gasteiger partial charge >= 0.3 is 0 Å². The molecule has 1 N–H and O–H groups in total. The first kappa shape index (κ1) is 18.0. The molecule has 0 fully saturated rings. The molecule has 0 aliphatic rings. The summed E-state index contributed by atoms with van der Waals surface area (Å²) >= 11 is 0. The first-order valence-electron chi connectivity index (χ1n) is 8.05. The second kappa shape index (κ2) is 7.81. The molecule has 1 aromatic carbocycles. The van der Waals surface area contributed by atoms with Crippen molar-refractivity contribution in [3.63, 3.8) is 0 Å². The first-order valence-corrected chi connectivity index (χ1v) is 8.05. The van der Waals surface area contributed by atoms with E-state index in [-0.39, 0.29) is 17.7 Å². The molecular weight excluding hydrogens is 260 g/mol. The van der Waals surface area contributed by atoms with Gasteiger partial charge in [0.25, 0.3) is 0 Å². The fourth-order valence-corrected chi connectivity index (χ4v) is 3.19. The van der Waals surface area contributed by atoms with Crippen LogP contribution in [0.25, 0.3) is 0 Å². The Morgan fingerprint density at radius 1 is 1.19 bits per heavy atom. The van der Waals surface area contributed by atoms with E-state index in [1.54, 1.807) is 0 Å². The summed E-state index contributed by atoms with van der Waals surface area (Å²) in [6, 6.07) is 8.70. The Morgan fingerprint density at radius 3 is 2.29 bits per heavy atom. The van der Waals surface area contributed by atoms with Gasteiger partial charge in [-0.05, 0) is 65.5 Å². The Morgan fingerprint density at radius 2 is 1.81 bits per heavy atom. The average molecular weight is 292 g/mol. The van der Waals surface area contributed by atoms with E-state index >= 15 is 0 Å². The molecule has 1 unspecified atom stereocenters. The fraction of sp³-hybridized carbons (Fsp3) is 0.667. The highest BCUT2D eigenvalue weighted by Gasteiger charge is 2.34. The van der Waals surface area contributed by atoms with Gasteiger partial charge in [0.2, 0.25) is 0 Å². The largest absolute Gasteiger partial charge is 0.491 e. The molecule has 3 nitrogen and oxygen atoms in total. The number of likely N-dealkylation sites (N-methyl/N-ethyl adjacent to an activating group) is 2. The molecule has 0 amide bonds. The predicted octanol–water partition coefficient (Wildman–Crippen LogP) is 3.85. The zero-order valence-electron chi connectivity index (χ0n) is 14.7. The summed E-state index contributed by atoms with van der Waals surface area (Å²) in [6.45, 7) is 15.2. The molecule has 3 heteroatoms. The monoisotopic (exact) mass is 292 g/mol. The van der Waals surface area contributed by atoms with Crippen molar-refractivity contribution in [3.05, 3.63) is 29.8 Å². The molecule has 0 radical (unpaired) electrons. The minimum atomic E-state index is 0.0364. The second-order valence-corrected chi connectivity index (χ2v) is 6.29. The van der Waals surface area contributed by atoms with E-state index in [2.05, 4.69) is 70.0 Å². The van der Waals surface area contributed by atoms with Crippen LogP contribution in [0.2, 0.25) is 0 Å². The smallest absolute Gasteiger partial charge is 0.120 e. The van der Waals surface area contributed by atoms with Crippen molar-refractivity contribution in [2.45, 2.75) is 59.2 Å². The molecule has 0 aliphatic heterocycles. The van der Waals surface area contributed by atoms with E-state index in [1.165, 1.54) is 5.56 Å². The Labute approximate surface area is 130 Å². The lowest BCUT2D eigenvalue weighted by atomic mass is 9.86. The highest BCUT2D eigenvalue weighted by Crippen LogP contribution is 2.32. The average Bonchev–Trinajstić information content (AvgIpc) is 2.39. The van der Waals surface area contributed by atoms with Crippen molar-refractivity contribution >= 4 is 0 Å². The normalized spacial score (nSPS) is 13.8. The Balaban J connectivity index is 3.09. The number of rotatable bonds is 8. The van der Waals surface area contributed by atoms with Crippen molar-refractivity contribution in [1.29, 1.82) is 0 Å². The second-order valence-electron chi connectivity index (χ2n) is 6.29. The van der Waals surface area contributed by atoms with Gasteiger partial charge in [0.05, 0.1) is 12.1 Å². The highest BCUT2D eigenvalue weighted by atomic mass is 16.5. The zero-order chi connectivity index (χ0) is 16.0. The van der Waals surface area contributed by atoms with Gasteiger partial charge in [-0.3, -0.25) is 4.90 Å². The van der Waals surface area contributed by atoms with Gasteiger partial charge in [0.15, 0.2) is 0 Å². The quantitative estimate of drug-likeness (QED) is 0.787. The van der Waals surface area contributed by atoms with Crippen LogP contribution in [0, 0.1) is 0 Å². The van der Waals surface area contributed by atoms with Crippen LogP contribution in [0.5, 0.6) is 5.75 Å². The summed E-state index contributed by atoms with van der Waals surface area (Å²) in [5.41, 5.74) is 1.31. The number of hydrogen-bond acceptors (Lipinski definition) is 3. The van der Waals surface area contributed by atoms with Crippen LogP contribution in [-0.2, 0) is 0 Å². The summed E-state index contributed by atoms with van der Waals surface area (Å²) < 4.78 is 5.83. The molecule has 0 heterocycles. The summed E-state index contributed by atoms with van der Waals surface area (Å²) in [4.78, 5) is 2.49. The number of nitrogens with zero attached hydrogens (tertiary/aromatic N) is 1. The molecule has 0 spiro atoms. The molecule has 1 rings (SSSR count). The van der Waals surface area contributed by atoms with Crippen molar-refractivity contribution in [3.8, 4) is 5.75 Å². The van der Waals surface area contributed by atoms with Gasteiger partial charge in [-0.25, -0.2) is 0 Å². The van der Waals surface area contributed by atoms with Gasteiger partial charge in [0.1, 0.15) is 5.75 Å². The van der Waals surface area contributed by atoms with Crippen LogP contribution in [0.4, 0.5) is 0 Å². The Kier molecular flexibility index (Phi) is 6.69. The molecule has 120 valence electrons. The van der Waals surface area contributed by atoms with Crippen LogP contribution in [0.1, 0.15) is 53.1 Å². The number of hydrogen-bond donors (Lipinski definition) is 1. The van der Waals surface area contributed by atoms with E-state index in [1.807, 2.05) is 13.1 Å². The Hall–Kier alpha value is -1.06. The predicted molar refractivity (Wildman–Crippen MR) is 91.0 cm³/mol. The van der Waals surface area contributed by atoms with Gasteiger partial charge in [-0.2, -0.15) is 0 Å². The number of ether oxygens (including phenoxy) is 1. The zero-order valence-corrected chi connectivity index (χ0v) is 14.7. The molecule has 21 heavy (non-hydrogen) atoms. The molecule has 1 atom stereocenters. The topological polar surface area (TPSA) is 24.5 Å². The molecule has 0 saturated carbocycles. The maximum atomic E-state index is 5.83. The van der Waals surface area contributed by atoms with E-state index < -0.39 is 0 Å². The SMILES string of the molecule is CCN(CC)C(C)(C)C(NC)c1cccc(OC(C)C)c1. The first-order chi connectivity index (χ1) is 9.86. The lowest BCUT2D eigenvalue weighted by Gasteiger charge is -2.43. The van der Waals surface area contributed by atoms with Crippen molar-refractivity contribution in [2.24, 2.45) is 0 Å². The van der Waals surface area contributed by atoms with E-state index in [9.17, 15) is 0 Å².